The van der Waals surface area contributed by atoms with E-state index in [0.29, 0.717) is 5.92 Å². The summed E-state index contributed by atoms with van der Waals surface area (Å²) in [5, 5.41) is 3.04. The number of rotatable bonds is 4. The molecule has 1 amide bonds. The molecule has 92 valence electrons. The molecular formula is C15H21NO. The highest BCUT2D eigenvalue weighted by molar-refractivity contribution is 5.79. The van der Waals surface area contributed by atoms with E-state index in [1.807, 2.05) is 0 Å². The van der Waals surface area contributed by atoms with E-state index in [0.717, 1.165) is 25.8 Å². The zero-order valence-corrected chi connectivity index (χ0v) is 10.8. The lowest BCUT2D eigenvalue weighted by Crippen LogP contribution is -2.35. The fourth-order valence-electron chi connectivity index (χ4n) is 2.20. The zero-order chi connectivity index (χ0) is 12.3. The lowest BCUT2D eigenvalue weighted by molar-refractivity contribution is -0.127. The van der Waals surface area contributed by atoms with E-state index in [1.165, 1.54) is 23.1 Å². The van der Waals surface area contributed by atoms with Crippen LogP contribution in [0.5, 0.6) is 0 Å². The average Bonchev–Trinajstić information content (AvgIpc) is 2.20. The number of hydrogen-bond donors (Lipinski definition) is 1. The number of amides is 1. The monoisotopic (exact) mass is 231 g/mol. The topological polar surface area (TPSA) is 29.1 Å². The first-order valence-corrected chi connectivity index (χ1v) is 6.50. The van der Waals surface area contributed by atoms with Gasteiger partial charge in [0.05, 0.1) is 0 Å². The van der Waals surface area contributed by atoms with Crippen LogP contribution >= 0.6 is 0 Å². The van der Waals surface area contributed by atoms with Gasteiger partial charge in [-0.25, -0.2) is 0 Å². The molecule has 2 nitrogen and oxygen atoms in total. The largest absolute Gasteiger partial charge is 0.356 e. The third-order valence-electron chi connectivity index (χ3n) is 3.67. The smallest absolute Gasteiger partial charge is 0.223 e. The standard InChI is InChI=1S/C15H21NO/c1-11-6-7-12(2)14(10-11)8-9-16-15(17)13-4-3-5-13/h6-7,10,13H,3-5,8-9H2,1-2H3,(H,16,17). The van der Waals surface area contributed by atoms with Crippen LogP contribution in [0.3, 0.4) is 0 Å². The van der Waals surface area contributed by atoms with Gasteiger partial charge in [-0.15, -0.1) is 0 Å². The average molecular weight is 231 g/mol. The van der Waals surface area contributed by atoms with Gasteiger partial charge in [0, 0.05) is 12.5 Å². The molecular weight excluding hydrogens is 210 g/mol. The minimum Gasteiger partial charge on any atom is -0.356 e. The Morgan fingerprint density at radius 1 is 1.35 bits per heavy atom. The fourth-order valence-corrected chi connectivity index (χ4v) is 2.20. The van der Waals surface area contributed by atoms with Crippen LogP contribution < -0.4 is 5.32 Å². The van der Waals surface area contributed by atoms with Gasteiger partial charge in [0.25, 0.3) is 0 Å². The molecule has 1 aromatic carbocycles. The molecule has 0 radical (unpaired) electrons. The second-order valence-electron chi connectivity index (χ2n) is 5.10. The van der Waals surface area contributed by atoms with E-state index in [4.69, 9.17) is 0 Å². The molecule has 0 saturated heterocycles. The Morgan fingerprint density at radius 3 is 2.76 bits per heavy atom. The summed E-state index contributed by atoms with van der Waals surface area (Å²) in [6.07, 6.45) is 4.31. The van der Waals surface area contributed by atoms with Crippen molar-refractivity contribution in [3.05, 3.63) is 34.9 Å². The molecule has 1 saturated carbocycles. The predicted molar refractivity (Wildman–Crippen MR) is 70.0 cm³/mol. The number of aryl methyl sites for hydroxylation is 2. The summed E-state index contributed by atoms with van der Waals surface area (Å²) < 4.78 is 0. The number of nitrogens with one attached hydrogen (secondary N) is 1. The van der Waals surface area contributed by atoms with Crippen LogP contribution in [-0.4, -0.2) is 12.5 Å². The zero-order valence-electron chi connectivity index (χ0n) is 10.8. The first-order chi connectivity index (χ1) is 8.16. The van der Waals surface area contributed by atoms with Crippen LogP contribution in [-0.2, 0) is 11.2 Å². The Balaban J connectivity index is 1.81. The number of carbonyl (C=O) groups excluding carboxylic acids is 1. The molecule has 2 heteroatoms. The van der Waals surface area contributed by atoms with Crippen molar-refractivity contribution in [3.63, 3.8) is 0 Å². The molecule has 0 atom stereocenters. The maximum atomic E-state index is 11.7. The molecule has 0 spiro atoms. The molecule has 17 heavy (non-hydrogen) atoms. The van der Waals surface area contributed by atoms with Crippen LogP contribution in [0.25, 0.3) is 0 Å². The quantitative estimate of drug-likeness (QED) is 0.848. The molecule has 1 aromatic rings. The summed E-state index contributed by atoms with van der Waals surface area (Å²) in [6.45, 7) is 5.00. The SMILES string of the molecule is Cc1ccc(C)c(CCNC(=O)C2CCC2)c1. The van der Waals surface area contributed by atoms with Crippen molar-refractivity contribution in [2.75, 3.05) is 6.54 Å². The van der Waals surface area contributed by atoms with E-state index in [-0.39, 0.29) is 5.91 Å². The van der Waals surface area contributed by atoms with Crippen molar-refractivity contribution >= 4 is 5.91 Å². The van der Waals surface area contributed by atoms with E-state index in [9.17, 15) is 4.79 Å². The highest BCUT2D eigenvalue weighted by Gasteiger charge is 2.24. The summed E-state index contributed by atoms with van der Waals surface area (Å²) in [4.78, 5) is 11.7. The third kappa shape index (κ3) is 3.09. The van der Waals surface area contributed by atoms with Gasteiger partial charge in [-0.1, -0.05) is 30.2 Å². The Hall–Kier alpha value is -1.31. The Morgan fingerprint density at radius 2 is 2.12 bits per heavy atom. The molecule has 0 aromatic heterocycles. The summed E-state index contributed by atoms with van der Waals surface area (Å²) in [7, 11) is 0. The Bertz CT molecular complexity index is 407. The summed E-state index contributed by atoms with van der Waals surface area (Å²) in [5.41, 5.74) is 3.95. The van der Waals surface area contributed by atoms with E-state index in [1.54, 1.807) is 0 Å². The van der Waals surface area contributed by atoms with Crippen molar-refractivity contribution in [2.45, 2.75) is 39.5 Å². The van der Waals surface area contributed by atoms with E-state index >= 15 is 0 Å². The fraction of sp³-hybridized carbons (Fsp3) is 0.533. The molecule has 1 N–H and O–H groups in total. The Kier molecular flexibility index (Phi) is 3.82. The van der Waals surface area contributed by atoms with Crippen molar-refractivity contribution in [1.82, 2.24) is 5.32 Å². The van der Waals surface area contributed by atoms with Gasteiger partial charge in [-0.05, 0) is 44.2 Å². The van der Waals surface area contributed by atoms with Gasteiger partial charge in [-0.2, -0.15) is 0 Å². The van der Waals surface area contributed by atoms with Crippen molar-refractivity contribution in [2.24, 2.45) is 5.92 Å². The van der Waals surface area contributed by atoms with Crippen LogP contribution in [0.1, 0.15) is 36.0 Å². The van der Waals surface area contributed by atoms with Gasteiger partial charge < -0.3 is 5.32 Å². The molecule has 1 aliphatic carbocycles. The molecule has 0 aliphatic heterocycles. The van der Waals surface area contributed by atoms with Crippen LogP contribution in [0, 0.1) is 19.8 Å². The number of carbonyl (C=O) groups is 1. The molecule has 0 unspecified atom stereocenters. The first-order valence-electron chi connectivity index (χ1n) is 6.50. The van der Waals surface area contributed by atoms with Crippen LogP contribution in [0.15, 0.2) is 18.2 Å². The van der Waals surface area contributed by atoms with Crippen molar-refractivity contribution < 1.29 is 4.79 Å². The lowest BCUT2D eigenvalue weighted by Gasteiger charge is -2.24. The van der Waals surface area contributed by atoms with Crippen molar-refractivity contribution in [3.8, 4) is 0 Å². The summed E-state index contributed by atoms with van der Waals surface area (Å²) in [5.74, 6) is 0.551. The minimum atomic E-state index is 0.251. The summed E-state index contributed by atoms with van der Waals surface area (Å²) >= 11 is 0. The number of hydrogen-bond acceptors (Lipinski definition) is 1. The van der Waals surface area contributed by atoms with Gasteiger partial charge >= 0.3 is 0 Å². The lowest BCUT2D eigenvalue weighted by atomic mass is 9.85. The highest BCUT2D eigenvalue weighted by Crippen LogP contribution is 2.26. The van der Waals surface area contributed by atoms with Gasteiger partial charge in [0.2, 0.25) is 5.91 Å². The van der Waals surface area contributed by atoms with E-state index in [2.05, 4.69) is 37.4 Å². The molecule has 2 rings (SSSR count). The molecule has 1 fully saturated rings. The van der Waals surface area contributed by atoms with E-state index < -0.39 is 0 Å². The first kappa shape index (κ1) is 12.2. The number of benzene rings is 1. The molecule has 1 aliphatic rings. The Labute approximate surface area is 103 Å². The molecule has 0 heterocycles. The minimum absolute atomic E-state index is 0.251. The predicted octanol–water partition coefficient (Wildman–Crippen LogP) is 2.76. The highest BCUT2D eigenvalue weighted by atomic mass is 16.1. The van der Waals surface area contributed by atoms with Crippen LogP contribution in [0.2, 0.25) is 0 Å². The maximum Gasteiger partial charge on any atom is 0.223 e. The second kappa shape index (κ2) is 5.35. The van der Waals surface area contributed by atoms with Gasteiger partial charge in [-0.3, -0.25) is 4.79 Å². The van der Waals surface area contributed by atoms with Gasteiger partial charge in [0.15, 0.2) is 0 Å². The maximum absolute atomic E-state index is 11.7. The van der Waals surface area contributed by atoms with Gasteiger partial charge in [0.1, 0.15) is 0 Å². The normalized spacial score (nSPS) is 15.4. The second-order valence-corrected chi connectivity index (χ2v) is 5.10. The van der Waals surface area contributed by atoms with Crippen LogP contribution in [0.4, 0.5) is 0 Å². The summed E-state index contributed by atoms with van der Waals surface area (Å²) in [6, 6.07) is 6.50. The molecule has 0 bridgehead atoms. The van der Waals surface area contributed by atoms with Crippen molar-refractivity contribution in [1.29, 1.82) is 0 Å². The third-order valence-corrected chi connectivity index (χ3v) is 3.67.